The number of aromatic nitrogens is 2. The molecule has 1 saturated heterocycles. The van der Waals surface area contributed by atoms with Crippen molar-refractivity contribution in [3.8, 4) is 0 Å². The Balaban J connectivity index is 1.52. The molecule has 3 rings (SSSR count). The molecule has 0 aliphatic carbocycles. The lowest BCUT2D eigenvalue weighted by molar-refractivity contribution is 0.438. The summed E-state index contributed by atoms with van der Waals surface area (Å²) in [5.74, 6) is 1.74. The number of piperidine rings is 1. The SMILES string of the molecule is CN=C(NCc1ccc(N2CCC(C)CC2)cc1)N(C)Cc1cnn(C)c1. The average Bonchev–Trinajstić information content (AvgIpc) is 3.08. The molecule has 27 heavy (non-hydrogen) atoms. The predicted molar refractivity (Wildman–Crippen MR) is 112 cm³/mol. The molecule has 0 amide bonds. The fraction of sp³-hybridized carbons (Fsp3) is 0.524. The Morgan fingerprint density at radius 3 is 2.52 bits per heavy atom. The third kappa shape index (κ3) is 5.25. The van der Waals surface area contributed by atoms with E-state index in [1.165, 1.54) is 42.7 Å². The molecular weight excluding hydrogens is 336 g/mol. The number of aliphatic imine (C=N–C) groups is 1. The first-order valence-corrected chi connectivity index (χ1v) is 9.78. The quantitative estimate of drug-likeness (QED) is 0.651. The van der Waals surface area contributed by atoms with Crippen molar-refractivity contribution in [3.63, 3.8) is 0 Å². The fourth-order valence-corrected chi connectivity index (χ4v) is 3.56. The Morgan fingerprint density at radius 2 is 1.93 bits per heavy atom. The molecule has 0 spiro atoms. The number of benzene rings is 1. The van der Waals surface area contributed by atoms with Crippen molar-refractivity contribution in [1.82, 2.24) is 20.0 Å². The van der Waals surface area contributed by atoms with Crippen LogP contribution < -0.4 is 10.2 Å². The van der Waals surface area contributed by atoms with Gasteiger partial charge >= 0.3 is 0 Å². The summed E-state index contributed by atoms with van der Waals surface area (Å²) in [6.07, 6.45) is 6.51. The summed E-state index contributed by atoms with van der Waals surface area (Å²) < 4.78 is 1.82. The first-order chi connectivity index (χ1) is 13.0. The second-order valence-electron chi connectivity index (χ2n) is 7.62. The second-order valence-corrected chi connectivity index (χ2v) is 7.62. The van der Waals surface area contributed by atoms with Gasteiger partial charge in [-0.3, -0.25) is 9.67 Å². The molecule has 1 aliphatic heterocycles. The minimum atomic E-state index is 0.765. The predicted octanol–water partition coefficient (Wildman–Crippen LogP) is 2.86. The summed E-state index contributed by atoms with van der Waals surface area (Å²) in [5.41, 5.74) is 3.77. The molecule has 6 nitrogen and oxygen atoms in total. The van der Waals surface area contributed by atoms with E-state index in [-0.39, 0.29) is 0 Å². The molecule has 6 heteroatoms. The van der Waals surface area contributed by atoms with Crippen molar-refractivity contribution >= 4 is 11.6 Å². The van der Waals surface area contributed by atoms with Crippen LogP contribution in [0.15, 0.2) is 41.7 Å². The molecule has 0 atom stereocenters. The first-order valence-electron chi connectivity index (χ1n) is 9.78. The van der Waals surface area contributed by atoms with Crippen molar-refractivity contribution in [1.29, 1.82) is 0 Å². The molecular formula is C21H32N6. The van der Waals surface area contributed by atoms with Crippen LogP contribution in [0.1, 0.15) is 30.9 Å². The molecule has 1 aromatic carbocycles. The minimum absolute atomic E-state index is 0.765. The molecule has 1 aliphatic rings. The van der Waals surface area contributed by atoms with Crippen LogP contribution in [0.5, 0.6) is 0 Å². The summed E-state index contributed by atoms with van der Waals surface area (Å²) in [7, 11) is 5.80. The largest absolute Gasteiger partial charge is 0.372 e. The Hall–Kier alpha value is -2.50. The summed E-state index contributed by atoms with van der Waals surface area (Å²) in [4.78, 5) is 9.01. The highest BCUT2D eigenvalue weighted by Crippen LogP contribution is 2.23. The van der Waals surface area contributed by atoms with Gasteiger partial charge in [0.25, 0.3) is 0 Å². The van der Waals surface area contributed by atoms with Gasteiger partial charge in [0, 0.05) is 64.8 Å². The van der Waals surface area contributed by atoms with Gasteiger partial charge in [-0.05, 0) is 36.5 Å². The van der Waals surface area contributed by atoms with Gasteiger partial charge in [0.05, 0.1) is 6.20 Å². The fourth-order valence-electron chi connectivity index (χ4n) is 3.56. The summed E-state index contributed by atoms with van der Waals surface area (Å²) in [6.45, 7) is 6.24. The molecule has 0 radical (unpaired) electrons. The Bertz CT molecular complexity index is 740. The molecule has 0 unspecified atom stereocenters. The highest BCUT2D eigenvalue weighted by Gasteiger charge is 2.15. The van der Waals surface area contributed by atoms with Crippen LogP contribution in [0.4, 0.5) is 5.69 Å². The lowest BCUT2D eigenvalue weighted by atomic mass is 9.99. The summed E-state index contributed by atoms with van der Waals surface area (Å²) in [6, 6.07) is 8.92. The van der Waals surface area contributed by atoms with Crippen LogP contribution in [0, 0.1) is 5.92 Å². The molecule has 146 valence electrons. The van der Waals surface area contributed by atoms with E-state index in [0.29, 0.717) is 0 Å². The van der Waals surface area contributed by atoms with Crippen molar-refractivity contribution in [2.24, 2.45) is 18.0 Å². The molecule has 2 heterocycles. The second kappa shape index (κ2) is 8.93. The van der Waals surface area contributed by atoms with E-state index in [0.717, 1.165) is 25.0 Å². The lowest BCUT2D eigenvalue weighted by Crippen LogP contribution is -2.38. The number of nitrogens with zero attached hydrogens (tertiary/aromatic N) is 5. The van der Waals surface area contributed by atoms with Gasteiger partial charge in [-0.1, -0.05) is 19.1 Å². The molecule has 0 bridgehead atoms. The van der Waals surface area contributed by atoms with E-state index in [1.807, 2.05) is 38.2 Å². The van der Waals surface area contributed by atoms with Crippen molar-refractivity contribution < 1.29 is 0 Å². The number of guanidine groups is 1. The first kappa shape index (κ1) is 19.3. The van der Waals surface area contributed by atoms with Crippen LogP contribution in [0.3, 0.4) is 0 Å². The Morgan fingerprint density at radius 1 is 1.22 bits per heavy atom. The maximum atomic E-state index is 4.40. The van der Waals surface area contributed by atoms with Crippen molar-refractivity contribution in [3.05, 3.63) is 47.8 Å². The zero-order valence-electron chi connectivity index (χ0n) is 17.0. The molecule has 1 fully saturated rings. The van der Waals surface area contributed by atoms with Gasteiger partial charge in [-0.15, -0.1) is 0 Å². The van der Waals surface area contributed by atoms with Gasteiger partial charge < -0.3 is 15.1 Å². The van der Waals surface area contributed by atoms with E-state index in [2.05, 4.69) is 56.4 Å². The number of hydrogen-bond donors (Lipinski definition) is 1. The third-order valence-electron chi connectivity index (χ3n) is 5.29. The van der Waals surface area contributed by atoms with Crippen LogP contribution in [0.25, 0.3) is 0 Å². The standard InChI is InChI=1S/C21H32N6/c1-17-9-11-27(12-10-17)20-7-5-18(6-8-20)13-23-21(22-2)25(3)15-19-14-24-26(4)16-19/h5-8,14,16-17H,9-13,15H2,1-4H3,(H,22,23). The zero-order valence-corrected chi connectivity index (χ0v) is 17.0. The molecule has 0 saturated carbocycles. The smallest absolute Gasteiger partial charge is 0.193 e. The van der Waals surface area contributed by atoms with E-state index < -0.39 is 0 Å². The average molecular weight is 369 g/mol. The van der Waals surface area contributed by atoms with Crippen LogP contribution >= 0.6 is 0 Å². The third-order valence-corrected chi connectivity index (χ3v) is 5.29. The number of aryl methyl sites for hydroxylation is 1. The maximum Gasteiger partial charge on any atom is 0.193 e. The van der Waals surface area contributed by atoms with Crippen LogP contribution in [0.2, 0.25) is 0 Å². The van der Waals surface area contributed by atoms with E-state index in [1.54, 1.807) is 0 Å². The van der Waals surface area contributed by atoms with Crippen molar-refractivity contribution in [2.75, 3.05) is 32.1 Å². The highest BCUT2D eigenvalue weighted by molar-refractivity contribution is 5.79. The summed E-state index contributed by atoms with van der Waals surface area (Å²) in [5, 5.41) is 7.68. The highest BCUT2D eigenvalue weighted by atomic mass is 15.3. The van der Waals surface area contributed by atoms with E-state index in [9.17, 15) is 0 Å². The van der Waals surface area contributed by atoms with Gasteiger partial charge in [-0.2, -0.15) is 5.10 Å². The van der Waals surface area contributed by atoms with Crippen LogP contribution in [-0.4, -0.2) is 47.8 Å². The van der Waals surface area contributed by atoms with E-state index in [4.69, 9.17) is 0 Å². The monoisotopic (exact) mass is 368 g/mol. The van der Waals surface area contributed by atoms with Crippen LogP contribution in [-0.2, 0) is 20.1 Å². The lowest BCUT2D eigenvalue weighted by Gasteiger charge is -2.32. The maximum absolute atomic E-state index is 4.40. The molecule has 1 N–H and O–H groups in total. The number of nitrogens with one attached hydrogen (secondary N) is 1. The Labute approximate surface area is 162 Å². The van der Waals surface area contributed by atoms with Gasteiger partial charge in [0.15, 0.2) is 5.96 Å². The van der Waals surface area contributed by atoms with Gasteiger partial charge in [0.2, 0.25) is 0 Å². The zero-order chi connectivity index (χ0) is 19.2. The number of rotatable bonds is 5. The summed E-state index contributed by atoms with van der Waals surface area (Å²) >= 11 is 0. The Kier molecular flexibility index (Phi) is 6.37. The number of hydrogen-bond acceptors (Lipinski definition) is 3. The van der Waals surface area contributed by atoms with Crippen molar-refractivity contribution in [2.45, 2.75) is 32.9 Å². The minimum Gasteiger partial charge on any atom is -0.372 e. The topological polar surface area (TPSA) is 48.7 Å². The van der Waals surface area contributed by atoms with Gasteiger partial charge in [-0.25, -0.2) is 0 Å². The van der Waals surface area contributed by atoms with Gasteiger partial charge in [0.1, 0.15) is 0 Å². The van der Waals surface area contributed by atoms with E-state index >= 15 is 0 Å². The molecule has 1 aromatic heterocycles. The normalized spacial score (nSPS) is 15.9. The number of anilines is 1. The molecule has 2 aromatic rings.